The Kier molecular flexibility index (Phi) is 6.53. The van der Waals surface area contributed by atoms with Gasteiger partial charge in [0, 0.05) is 30.9 Å². The fourth-order valence-electron chi connectivity index (χ4n) is 4.45. The number of fused-ring (bicyclic) bond motifs is 1. The fraction of sp³-hybridized carbons (Fsp3) is 0.440. The van der Waals surface area contributed by atoms with Gasteiger partial charge in [0.2, 0.25) is 12.7 Å². The molecule has 2 amide bonds. The van der Waals surface area contributed by atoms with Gasteiger partial charge in [-0.1, -0.05) is 26.0 Å². The van der Waals surface area contributed by atoms with Crippen LogP contribution < -0.4 is 20.1 Å². The SMILES string of the molecule is Cc1ccc(C(=O)N2CC(C)CC(C)C2)cc1NCC(=O)NCc1ccc2c(c1)OCO2. The van der Waals surface area contributed by atoms with Gasteiger partial charge in [0.1, 0.15) is 0 Å². The van der Waals surface area contributed by atoms with Gasteiger partial charge in [0.05, 0.1) is 6.54 Å². The van der Waals surface area contributed by atoms with E-state index in [0.29, 0.717) is 29.7 Å². The van der Waals surface area contributed by atoms with Crippen LogP contribution in [0, 0.1) is 18.8 Å². The zero-order chi connectivity index (χ0) is 22.7. The molecule has 170 valence electrons. The predicted molar refractivity (Wildman–Crippen MR) is 123 cm³/mol. The summed E-state index contributed by atoms with van der Waals surface area (Å²) >= 11 is 0. The van der Waals surface area contributed by atoms with E-state index in [9.17, 15) is 9.59 Å². The second-order valence-electron chi connectivity index (χ2n) is 9.00. The third-order valence-corrected chi connectivity index (χ3v) is 6.01. The van der Waals surface area contributed by atoms with Crippen molar-refractivity contribution in [3.05, 3.63) is 53.1 Å². The molecule has 1 saturated heterocycles. The number of benzene rings is 2. The molecule has 32 heavy (non-hydrogen) atoms. The van der Waals surface area contributed by atoms with Crippen molar-refractivity contribution in [1.29, 1.82) is 0 Å². The van der Waals surface area contributed by atoms with Crippen LogP contribution in [0.1, 0.15) is 41.8 Å². The first-order chi connectivity index (χ1) is 15.4. The minimum absolute atomic E-state index is 0.0544. The normalized spacial score (nSPS) is 19.5. The molecule has 0 aliphatic carbocycles. The van der Waals surface area contributed by atoms with Crippen molar-refractivity contribution in [3.63, 3.8) is 0 Å². The number of carbonyl (C=O) groups excluding carboxylic acids is 2. The van der Waals surface area contributed by atoms with Crippen LogP contribution in [0.15, 0.2) is 36.4 Å². The minimum Gasteiger partial charge on any atom is -0.454 e. The highest BCUT2D eigenvalue weighted by molar-refractivity contribution is 5.95. The fourth-order valence-corrected chi connectivity index (χ4v) is 4.45. The lowest BCUT2D eigenvalue weighted by atomic mass is 9.91. The third-order valence-electron chi connectivity index (χ3n) is 6.01. The van der Waals surface area contributed by atoms with Gasteiger partial charge in [-0.15, -0.1) is 0 Å². The van der Waals surface area contributed by atoms with Gasteiger partial charge in [-0.05, 0) is 60.6 Å². The molecule has 0 saturated carbocycles. The van der Waals surface area contributed by atoms with Gasteiger partial charge in [0.15, 0.2) is 11.5 Å². The first kappa shape index (κ1) is 22.0. The molecule has 2 aromatic rings. The van der Waals surface area contributed by atoms with Crippen molar-refractivity contribution in [2.45, 2.75) is 33.7 Å². The molecule has 2 atom stereocenters. The van der Waals surface area contributed by atoms with Crippen molar-refractivity contribution in [2.75, 3.05) is 31.7 Å². The van der Waals surface area contributed by atoms with Crippen molar-refractivity contribution in [2.24, 2.45) is 11.8 Å². The Labute approximate surface area is 189 Å². The van der Waals surface area contributed by atoms with Crippen molar-refractivity contribution in [3.8, 4) is 11.5 Å². The summed E-state index contributed by atoms with van der Waals surface area (Å²) in [5.74, 6) is 2.37. The maximum Gasteiger partial charge on any atom is 0.253 e. The number of anilines is 1. The van der Waals surface area contributed by atoms with E-state index in [2.05, 4.69) is 24.5 Å². The molecule has 0 aromatic heterocycles. The first-order valence-corrected chi connectivity index (χ1v) is 11.2. The Bertz CT molecular complexity index is 997. The molecule has 7 heteroatoms. The molecule has 1 fully saturated rings. The Hall–Kier alpha value is -3.22. The van der Waals surface area contributed by atoms with Crippen molar-refractivity contribution < 1.29 is 19.1 Å². The number of carbonyl (C=O) groups is 2. The number of ether oxygens (including phenoxy) is 2. The highest BCUT2D eigenvalue weighted by Crippen LogP contribution is 2.32. The summed E-state index contributed by atoms with van der Waals surface area (Å²) in [6.45, 7) is 8.70. The van der Waals surface area contributed by atoms with Crippen molar-refractivity contribution >= 4 is 17.5 Å². The van der Waals surface area contributed by atoms with E-state index in [1.165, 1.54) is 0 Å². The average Bonchev–Trinajstić information content (AvgIpc) is 3.24. The number of likely N-dealkylation sites (tertiary alicyclic amines) is 1. The quantitative estimate of drug-likeness (QED) is 0.722. The average molecular weight is 438 g/mol. The number of nitrogens with one attached hydrogen (secondary N) is 2. The van der Waals surface area contributed by atoms with Crippen LogP contribution in [0.3, 0.4) is 0 Å². The van der Waals surface area contributed by atoms with Gasteiger partial charge in [-0.3, -0.25) is 9.59 Å². The van der Waals surface area contributed by atoms with Crippen LogP contribution >= 0.6 is 0 Å². The van der Waals surface area contributed by atoms with E-state index in [4.69, 9.17) is 9.47 Å². The van der Waals surface area contributed by atoms with Crippen LogP contribution in [0.25, 0.3) is 0 Å². The largest absolute Gasteiger partial charge is 0.454 e. The topological polar surface area (TPSA) is 79.9 Å². The Balaban J connectivity index is 1.32. The number of amides is 2. The molecule has 2 aliphatic rings. The van der Waals surface area contributed by atoms with Crippen molar-refractivity contribution in [1.82, 2.24) is 10.2 Å². The van der Waals surface area contributed by atoms with Gasteiger partial charge in [0.25, 0.3) is 5.91 Å². The highest BCUT2D eigenvalue weighted by atomic mass is 16.7. The van der Waals surface area contributed by atoms with Crippen LogP contribution in [0.5, 0.6) is 11.5 Å². The first-order valence-electron chi connectivity index (χ1n) is 11.2. The predicted octanol–water partition coefficient (Wildman–Crippen LogP) is 3.57. The molecule has 7 nitrogen and oxygen atoms in total. The lowest BCUT2D eigenvalue weighted by Gasteiger charge is -2.35. The molecule has 0 radical (unpaired) electrons. The standard InChI is InChI=1S/C25H31N3O4/c1-16-8-17(2)14-28(13-16)25(30)20-6-4-18(3)21(10-20)26-12-24(29)27-11-19-5-7-22-23(9-19)32-15-31-22/h4-7,9-10,16-17,26H,8,11-15H2,1-3H3,(H,27,29). The second kappa shape index (κ2) is 9.51. The molecule has 2 N–H and O–H groups in total. The van der Waals surface area contributed by atoms with E-state index in [-0.39, 0.29) is 25.2 Å². The maximum absolute atomic E-state index is 13.0. The van der Waals surface area contributed by atoms with Gasteiger partial charge >= 0.3 is 0 Å². The Morgan fingerprint density at radius 1 is 1.03 bits per heavy atom. The molecule has 0 spiro atoms. The number of nitrogens with zero attached hydrogens (tertiary/aromatic N) is 1. The molecule has 4 rings (SSSR count). The van der Waals surface area contributed by atoms with Crippen LogP contribution in [0.2, 0.25) is 0 Å². The Morgan fingerprint density at radius 3 is 2.56 bits per heavy atom. The summed E-state index contributed by atoms with van der Waals surface area (Å²) in [4.78, 5) is 27.4. The Morgan fingerprint density at radius 2 is 1.78 bits per heavy atom. The third kappa shape index (κ3) is 5.15. The van der Waals surface area contributed by atoms with Gasteiger partial charge in [-0.25, -0.2) is 0 Å². The summed E-state index contributed by atoms with van der Waals surface area (Å²) in [6.07, 6.45) is 1.16. The van der Waals surface area contributed by atoms with Crippen LogP contribution in [0.4, 0.5) is 5.69 Å². The smallest absolute Gasteiger partial charge is 0.253 e. The minimum atomic E-state index is -0.127. The molecule has 0 bridgehead atoms. The van der Waals surface area contributed by atoms with Gasteiger partial charge < -0.3 is 25.0 Å². The van der Waals surface area contributed by atoms with Crippen LogP contribution in [-0.4, -0.2) is 43.1 Å². The van der Waals surface area contributed by atoms with E-state index >= 15 is 0 Å². The number of piperidine rings is 1. The molecule has 2 heterocycles. The summed E-state index contributed by atoms with van der Waals surface area (Å²) in [7, 11) is 0. The van der Waals surface area contributed by atoms with E-state index in [1.807, 2.05) is 48.2 Å². The number of aryl methyl sites for hydroxylation is 1. The lowest BCUT2D eigenvalue weighted by Crippen LogP contribution is -2.42. The molecule has 2 unspecified atom stereocenters. The summed E-state index contributed by atoms with van der Waals surface area (Å²) < 4.78 is 10.7. The number of rotatable bonds is 6. The second-order valence-corrected chi connectivity index (χ2v) is 9.00. The lowest BCUT2D eigenvalue weighted by molar-refractivity contribution is -0.119. The zero-order valence-electron chi connectivity index (χ0n) is 18.9. The van der Waals surface area contributed by atoms with E-state index in [0.717, 1.165) is 42.1 Å². The molecule has 2 aliphatic heterocycles. The maximum atomic E-state index is 13.0. The van der Waals surface area contributed by atoms with E-state index < -0.39 is 0 Å². The zero-order valence-corrected chi connectivity index (χ0v) is 18.9. The monoisotopic (exact) mass is 437 g/mol. The highest BCUT2D eigenvalue weighted by Gasteiger charge is 2.26. The molecular weight excluding hydrogens is 406 g/mol. The summed E-state index contributed by atoms with van der Waals surface area (Å²) in [5.41, 5.74) is 3.38. The van der Waals surface area contributed by atoms with Crippen LogP contribution in [-0.2, 0) is 11.3 Å². The van der Waals surface area contributed by atoms with Gasteiger partial charge in [-0.2, -0.15) is 0 Å². The summed E-state index contributed by atoms with van der Waals surface area (Å²) in [6, 6.07) is 11.3. The number of hydrogen-bond acceptors (Lipinski definition) is 5. The summed E-state index contributed by atoms with van der Waals surface area (Å²) in [5, 5.41) is 6.08. The number of hydrogen-bond donors (Lipinski definition) is 2. The molecule has 2 aromatic carbocycles. The van der Waals surface area contributed by atoms with E-state index in [1.54, 1.807) is 0 Å². The molecular formula is C25H31N3O4.